The van der Waals surface area contributed by atoms with E-state index in [-0.39, 0.29) is 5.91 Å². The van der Waals surface area contributed by atoms with Crippen molar-refractivity contribution in [3.63, 3.8) is 0 Å². The lowest BCUT2D eigenvalue weighted by Crippen LogP contribution is -2.24. The number of benzene rings is 1. The van der Waals surface area contributed by atoms with Gasteiger partial charge in [-0.15, -0.1) is 0 Å². The van der Waals surface area contributed by atoms with Crippen LogP contribution in [0.1, 0.15) is 18.4 Å². The highest BCUT2D eigenvalue weighted by molar-refractivity contribution is 6.34. The van der Waals surface area contributed by atoms with Crippen LogP contribution in [0.25, 0.3) is 0 Å². The van der Waals surface area contributed by atoms with Crippen molar-refractivity contribution >= 4 is 23.2 Å². The predicted molar refractivity (Wildman–Crippen MR) is 57.8 cm³/mol. The van der Waals surface area contributed by atoms with Gasteiger partial charge in [0.1, 0.15) is 0 Å². The van der Waals surface area contributed by atoms with Gasteiger partial charge in [-0.05, 0) is 25.0 Å². The minimum atomic E-state index is 0.178. The maximum Gasteiger partial charge on any atom is 0.227 e. The summed E-state index contributed by atoms with van der Waals surface area (Å²) in [5.74, 6) is 0.178. The summed E-state index contributed by atoms with van der Waals surface area (Å²) in [6.07, 6.45) is 1.58. The maximum absolute atomic E-state index is 11.5. The molecular formula is C11H12ClNO. The standard InChI is InChI=1S/C11H12ClNO/c1-8-4-2-5-9(11(8)12)13-7-3-6-10(13)14/h2,4-5H,3,6-7H2,1H3. The number of carbonyl (C=O) groups is 1. The van der Waals surface area contributed by atoms with E-state index >= 15 is 0 Å². The van der Waals surface area contributed by atoms with Crippen molar-refractivity contribution in [2.24, 2.45) is 0 Å². The molecule has 0 spiro atoms. The van der Waals surface area contributed by atoms with Crippen LogP contribution in [-0.2, 0) is 4.79 Å². The van der Waals surface area contributed by atoms with E-state index in [4.69, 9.17) is 11.6 Å². The quantitative estimate of drug-likeness (QED) is 0.697. The summed E-state index contributed by atoms with van der Waals surface area (Å²) in [6.45, 7) is 2.74. The van der Waals surface area contributed by atoms with Gasteiger partial charge in [0.15, 0.2) is 0 Å². The molecule has 1 aromatic carbocycles. The molecule has 1 heterocycles. The van der Waals surface area contributed by atoms with Gasteiger partial charge in [0, 0.05) is 13.0 Å². The molecule has 0 radical (unpaired) electrons. The molecule has 1 aliphatic rings. The molecule has 1 aromatic rings. The number of halogens is 1. The Kier molecular flexibility index (Phi) is 2.46. The van der Waals surface area contributed by atoms with Gasteiger partial charge in [0.2, 0.25) is 5.91 Å². The van der Waals surface area contributed by atoms with Gasteiger partial charge in [0.05, 0.1) is 10.7 Å². The number of amides is 1. The molecule has 0 N–H and O–H groups in total. The van der Waals surface area contributed by atoms with Crippen LogP contribution in [0, 0.1) is 6.92 Å². The normalized spacial score (nSPS) is 16.4. The molecule has 3 heteroatoms. The zero-order valence-corrected chi connectivity index (χ0v) is 8.84. The zero-order chi connectivity index (χ0) is 10.1. The number of rotatable bonds is 1. The van der Waals surface area contributed by atoms with Crippen molar-refractivity contribution in [2.75, 3.05) is 11.4 Å². The molecule has 74 valence electrons. The third-order valence-corrected chi connectivity index (χ3v) is 3.03. The molecule has 1 saturated heterocycles. The lowest BCUT2D eigenvalue weighted by Gasteiger charge is -2.17. The molecule has 1 aliphatic heterocycles. The predicted octanol–water partition coefficient (Wildman–Crippen LogP) is 2.78. The van der Waals surface area contributed by atoms with Crippen molar-refractivity contribution in [2.45, 2.75) is 19.8 Å². The molecule has 0 aliphatic carbocycles. The van der Waals surface area contributed by atoms with Gasteiger partial charge >= 0.3 is 0 Å². The number of hydrogen-bond acceptors (Lipinski definition) is 1. The topological polar surface area (TPSA) is 20.3 Å². The van der Waals surface area contributed by atoms with Gasteiger partial charge in [-0.25, -0.2) is 0 Å². The molecular weight excluding hydrogens is 198 g/mol. The van der Waals surface area contributed by atoms with Crippen LogP contribution in [0.15, 0.2) is 18.2 Å². The van der Waals surface area contributed by atoms with Gasteiger partial charge in [0.25, 0.3) is 0 Å². The minimum absolute atomic E-state index is 0.178. The van der Waals surface area contributed by atoms with Crippen molar-refractivity contribution in [1.82, 2.24) is 0 Å². The number of hydrogen-bond donors (Lipinski definition) is 0. The molecule has 0 bridgehead atoms. The Morgan fingerprint density at radius 1 is 1.43 bits per heavy atom. The van der Waals surface area contributed by atoms with E-state index in [1.807, 2.05) is 25.1 Å². The number of aryl methyl sites for hydroxylation is 1. The van der Waals surface area contributed by atoms with Crippen molar-refractivity contribution in [1.29, 1.82) is 0 Å². The van der Waals surface area contributed by atoms with Crippen LogP contribution in [0.2, 0.25) is 5.02 Å². The second-order valence-electron chi connectivity index (χ2n) is 3.56. The highest BCUT2D eigenvalue weighted by Crippen LogP contribution is 2.31. The highest BCUT2D eigenvalue weighted by atomic mass is 35.5. The van der Waals surface area contributed by atoms with Crippen LogP contribution >= 0.6 is 11.6 Å². The van der Waals surface area contributed by atoms with Gasteiger partial charge in [-0.2, -0.15) is 0 Å². The lowest BCUT2D eigenvalue weighted by molar-refractivity contribution is -0.117. The third-order valence-electron chi connectivity index (χ3n) is 2.54. The first-order valence-electron chi connectivity index (χ1n) is 4.75. The van der Waals surface area contributed by atoms with E-state index in [1.54, 1.807) is 4.90 Å². The van der Waals surface area contributed by atoms with Gasteiger partial charge < -0.3 is 4.90 Å². The van der Waals surface area contributed by atoms with E-state index < -0.39 is 0 Å². The van der Waals surface area contributed by atoms with Crippen LogP contribution in [-0.4, -0.2) is 12.5 Å². The van der Waals surface area contributed by atoms with Crippen molar-refractivity contribution in [3.05, 3.63) is 28.8 Å². The first-order chi connectivity index (χ1) is 6.70. The fourth-order valence-electron chi connectivity index (χ4n) is 1.74. The molecule has 0 unspecified atom stereocenters. The lowest BCUT2D eigenvalue weighted by atomic mass is 10.2. The molecule has 0 saturated carbocycles. The molecule has 0 atom stereocenters. The van der Waals surface area contributed by atoms with E-state index in [2.05, 4.69) is 0 Å². The van der Waals surface area contributed by atoms with E-state index in [9.17, 15) is 4.79 Å². The SMILES string of the molecule is Cc1cccc(N2CCCC2=O)c1Cl. The fraction of sp³-hybridized carbons (Fsp3) is 0.364. The summed E-state index contributed by atoms with van der Waals surface area (Å²) in [5.41, 5.74) is 1.87. The molecule has 2 rings (SSSR count). The van der Waals surface area contributed by atoms with E-state index in [0.29, 0.717) is 11.4 Å². The average Bonchev–Trinajstić information content (AvgIpc) is 2.57. The first-order valence-corrected chi connectivity index (χ1v) is 5.13. The van der Waals surface area contributed by atoms with Gasteiger partial charge in [-0.3, -0.25) is 4.79 Å². The van der Waals surface area contributed by atoms with Crippen molar-refractivity contribution in [3.8, 4) is 0 Å². The second kappa shape index (κ2) is 3.62. The fourth-order valence-corrected chi connectivity index (χ4v) is 1.97. The highest BCUT2D eigenvalue weighted by Gasteiger charge is 2.23. The monoisotopic (exact) mass is 209 g/mol. The minimum Gasteiger partial charge on any atom is -0.311 e. The summed E-state index contributed by atoms with van der Waals surface area (Å²) in [7, 11) is 0. The summed E-state index contributed by atoms with van der Waals surface area (Å²) in [5, 5.41) is 0.697. The molecule has 14 heavy (non-hydrogen) atoms. The van der Waals surface area contributed by atoms with Gasteiger partial charge in [-0.1, -0.05) is 23.7 Å². The largest absolute Gasteiger partial charge is 0.311 e. The maximum atomic E-state index is 11.5. The van der Waals surface area contributed by atoms with Crippen LogP contribution in [0.5, 0.6) is 0 Å². The Balaban J connectivity index is 2.41. The third kappa shape index (κ3) is 1.50. The smallest absolute Gasteiger partial charge is 0.227 e. The Morgan fingerprint density at radius 3 is 2.86 bits per heavy atom. The summed E-state index contributed by atoms with van der Waals surface area (Å²) in [6, 6.07) is 5.78. The average molecular weight is 210 g/mol. The number of carbonyl (C=O) groups excluding carboxylic acids is 1. The van der Waals surface area contributed by atoms with E-state index in [1.165, 1.54) is 0 Å². The summed E-state index contributed by atoms with van der Waals surface area (Å²) >= 11 is 6.14. The molecule has 1 amide bonds. The Labute approximate surface area is 88.5 Å². The summed E-state index contributed by atoms with van der Waals surface area (Å²) in [4.78, 5) is 13.3. The van der Waals surface area contributed by atoms with Crippen LogP contribution in [0.3, 0.4) is 0 Å². The zero-order valence-electron chi connectivity index (χ0n) is 8.09. The first kappa shape index (κ1) is 9.53. The Hall–Kier alpha value is -1.02. The number of anilines is 1. The Bertz CT molecular complexity index is 376. The molecule has 0 aromatic heterocycles. The number of nitrogens with zero attached hydrogens (tertiary/aromatic N) is 1. The van der Waals surface area contributed by atoms with Crippen molar-refractivity contribution < 1.29 is 4.79 Å². The van der Waals surface area contributed by atoms with Crippen LogP contribution < -0.4 is 4.90 Å². The molecule has 1 fully saturated rings. The Morgan fingerprint density at radius 2 is 2.21 bits per heavy atom. The molecule has 2 nitrogen and oxygen atoms in total. The second-order valence-corrected chi connectivity index (χ2v) is 3.93. The van der Waals surface area contributed by atoms with E-state index in [0.717, 1.165) is 24.2 Å². The summed E-state index contributed by atoms with van der Waals surface area (Å²) < 4.78 is 0. The van der Waals surface area contributed by atoms with Crippen LogP contribution in [0.4, 0.5) is 5.69 Å².